The average molecular weight is 690 g/mol. The van der Waals surface area contributed by atoms with Crippen molar-refractivity contribution in [2.75, 3.05) is 0 Å². The molecule has 53 heavy (non-hydrogen) atoms. The highest BCUT2D eigenvalue weighted by Crippen LogP contribution is 2.47. The van der Waals surface area contributed by atoms with E-state index in [1.54, 1.807) is 11.1 Å². The summed E-state index contributed by atoms with van der Waals surface area (Å²) in [6.45, 7) is 0. The summed E-state index contributed by atoms with van der Waals surface area (Å²) < 4.78 is 0. The van der Waals surface area contributed by atoms with Gasteiger partial charge in [0, 0.05) is 11.6 Å². The molecule has 4 aromatic rings. The highest BCUT2D eigenvalue weighted by atomic mass is 14.9. The van der Waals surface area contributed by atoms with Gasteiger partial charge in [-0.1, -0.05) is 159 Å². The molecule has 0 bridgehead atoms. The molecule has 0 spiro atoms. The van der Waals surface area contributed by atoms with Crippen molar-refractivity contribution >= 4 is 5.57 Å². The molecule has 0 fully saturated rings. The van der Waals surface area contributed by atoms with Gasteiger partial charge in [-0.05, 0) is 137 Å². The van der Waals surface area contributed by atoms with Crippen LogP contribution in [0.4, 0.5) is 0 Å². The molecule has 0 amide bonds. The maximum absolute atomic E-state index is 4.02. The van der Waals surface area contributed by atoms with Crippen LogP contribution in [0.3, 0.4) is 0 Å². The first-order valence-electron chi connectivity index (χ1n) is 20.2. The molecule has 0 saturated heterocycles. The minimum Gasteiger partial charge on any atom is -0.374 e. The van der Waals surface area contributed by atoms with Crippen molar-refractivity contribution in [2.24, 2.45) is 11.8 Å². The van der Waals surface area contributed by atoms with Crippen LogP contribution in [-0.4, -0.2) is 6.04 Å². The van der Waals surface area contributed by atoms with Gasteiger partial charge < -0.3 is 5.32 Å². The summed E-state index contributed by atoms with van der Waals surface area (Å²) in [6, 6.07) is 38.5. The van der Waals surface area contributed by atoms with E-state index in [4.69, 9.17) is 0 Å². The lowest BCUT2D eigenvalue weighted by molar-refractivity contribution is 0.483. The number of dihydropyridines is 1. The van der Waals surface area contributed by atoms with Crippen molar-refractivity contribution in [3.63, 3.8) is 0 Å². The van der Waals surface area contributed by atoms with Gasteiger partial charge in [-0.3, -0.25) is 0 Å². The van der Waals surface area contributed by atoms with Crippen LogP contribution in [0, 0.1) is 11.8 Å². The van der Waals surface area contributed by atoms with Gasteiger partial charge in [0.15, 0.2) is 0 Å². The Morgan fingerprint density at radius 1 is 0.660 bits per heavy atom. The van der Waals surface area contributed by atoms with Crippen molar-refractivity contribution in [1.29, 1.82) is 0 Å². The number of benzene rings is 4. The van der Waals surface area contributed by atoms with Crippen LogP contribution in [-0.2, 0) is 19.3 Å². The molecule has 1 N–H and O–H groups in total. The maximum atomic E-state index is 4.02. The van der Waals surface area contributed by atoms with Gasteiger partial charge in [0.05, 0.1) is 6.04 Å². The predicted molar refractivity (Wildman–Crippen MR) is 223 cm³/mol. The number of aryl methyl sites for hydroxylation is 2. The number of nitrogens with one attached hydrogen (secondary N) is 1. The Morgan fingerprint density at radius 3 is 2.32 bits per heavy atom. The summed E-state index contributed by atoms with van der Waals surface area (Å²) >= 11 is 0. The lowest BCUT2D eigenvalue weighted by Gasteiger charge is -2.35. The molecule has 1 nitrogen and oxygen atoms in total. The van der Waals surface area contributed by atoms with Gasteiger partial charge in [-0.25, -0.2) is 0 Å². The zero-order valence-corrected chi connectivity index (χ0v) is 30.9. The van der Waals surface area contributed by atoms with E-state index in [9.17, 15) is 0 Å². The first kappa shape index (κ1) is 33.7. The maximum Gasteiger partial charge on any atom is 0.0704 e. The molecule has 1 heterocycles. The normalized spacial score (nSPS) is 22.7. The molecule has 0 radical (unpaired) electrons. The zero-order valence-electron chi connectivity index (χ0n) is 30.9. The Hall–Kier alpha value is -5.14. The number of unbranched alkanes of at least 4 members (excludes halogenated alkanes) is 3. The molecule has 0 saturated carbocycles. The van der Waals surface area contributed by atoms with E-state index < -0.39 is 0 Å². The third-order valence-corrected chi connectivity index (χ3v) is 12.4. The van der Waals surface area contributed by atoms with Crippen LogP contribution in [0.25, 0.3) is 16.7 Å². The van der Waals surface area contributed by atoms with Gasteiger partial charge in [0.2, 0.25) is 0 Å². The molecule has 4 aromatic carbocycles. The van der Waals surface area contributed by atoms with E-state index in [-0.39, 0.29) is 6.04 Å². The van der Waals surface area contributed by atoms with Crippen LogP contribution >= 0.6 is 0 Å². The summed E-state index contributed by atoms with van der Waals surface area (Å²) in [5, 5.41) is 4.02. The van der Waals surface area contributed by atoms with Crippen molar-refractivity contribution in [1.82, 2.24) is 5.32 Å². The Bertz CT molecular complexity index is 2180. The lowest BCUT2D eigenvalue weighted by atomic mass is 9.77. The number of fused-ring (bicyclic) bond motifs is 4. The smallest absolute Gasteiger partial charge is 0.0704 e. The van der Waals surface area contributed by atoms with E-state index in [2.05, 4.69) is 163 Å². The second kappa shape index (κ2) is 15.5. The van der Waals surface area contributed by atoms with E-state index >= 15 is 0 Å². The third kappa shape index (κ3) is 7.27. The molecular formula is C52H51N. The number of allylic oxidation sites excluding steroid dienone is 10. The van der Waals surface area contributed by atoms with Crippen LogP contribution in [0.15, 0.2) is 180 Å². The Labute approximate surface area is 317 Å². The molecular weight excluding hydrogens is 639 g/mol. The van der Waals surface area contributed by atoms with Gasteiger partial charge >= 0.3 is 0 Å². The average Bonchev–Trinajstić information content (AvgIpc) is 3.60. The van der Waals surface area contributed by atoms with E-state index in [0.29, 0.717) is 17.8 Å². The summed E-state index contributed by atoms with van der Waals surface area (Å²) in [4.78, 5) is 0. The van der Waals surface area contributed by atoms with Crippen LogP contribution in [0.1, 0.15) is 78.7 Å². The first-order chi connectivity index (χ1) is 26.3. The van der Waals surface area contributed by atoms with Crippen LogP contribution < -0.4 is 5.32 Å². The van der Waals surface area contributed by atoms with Crippen molar-refractivity contribution in [3.8, 4) is 11.1 Å². The van der Waals surface area contributed by atoms with E-state index in [1.165, 1.54) is 101 Å². The highest BCUT2D eigenvalue weighted by molar-refractivity contribution is 5.88. The molecule has 4 unspecified atom stereocenters. The van der Waals surface area contributed by atoms with Gasteiger partial charge in [-0.15, -0.1) is 0 Å². The van der Waals surface area contributed by atoms with Crippen LogP contribution in [0.2, 0.25) is 0 Å². The second-order valence-corrected chi connectivity index (χ2v) is 15.8. The fraction of sp³-hybridized carbons (Fsp3) is 0.269. The Kier molecular flexibility index (Phi) is 9.82. The highest BCUT2D eigenvalue weighted by Gasteiger charge is 2.35. The summed E-state index contributed by atoms with van der Waals surface area (Å²) in [5.41, 5.74) is 17.0. The molecule has 264 valence electrons. The minimum atomic E-state index is 0.177. The van der Waals surface area contributed by atoms with Crippen molar-refractivity contribution in [2.45, 2.75) is 76.2 Å². The molecule has 9 rings (SSSR count). The molecule has 1 aliphatic heterocycles. The summed E-state index contributed by atoms with van der Waals surface area (Å²) in [7, 11) is 0. The molecule has 1 heteroatoms. The fourth-order valence-corrected chi connectivity index (χ4v) is 9.60. The monoisotopic (exact) mass is 689 g/mol. The second-order valence-electron chi connectivity index (χ2n) is 15.8. The summed E-state index contributed by atoms with van der Waals surface area (Å²) in [6.07, 6.45) is 33.6. The quantitative estimate of drug-likeness (QED) is 0.155. The number of rotatable bonds is 11. The molecule has 0 aromatic heterocycles. The Balaban J connectivity index is 0.959. The topological polar surface area (TPSA) is 12.0 Å². The fourth-order valence-electron chi connectivity index (χ4n) is 9.60. The zero-order chi connectivity index (χ0) is 35.4. The number of hydrogen-bond acceptors (Lipinski definition) is 1. The molecule has 4 atom stereocenters. The van der Waals surface area contributed by atoms with Gasteiger partial charge in [0.25, 0.3) is 0 Å². The van der Waals surface area contributed by atoms with Gasteiger partial charge in [0.1, 0.15) is 0 Å². The third-order valence-electron chi connectivity index (χ3n) is 12.4. The number of hydrogen-bond donors (Lipinski definition) is 1. The SMILES string of the molecule is C1=CCC(C2=C3C=C(c4ccccc4-c4cccc(CCCCCCc5ccccc5)c4)C=CC3NC(C3=CC4Cc5ccccc5C4CC3)=C2)C=C1. The van der Waals surface area contributed by atoms with Crippen molar-refractivity contribution in [3.05, 3.63) is 208 Å². The predicted octanol–water partition coefficient (Wildman–Crippen LogP) is 12.6. The molecule has 5 aliphatic rings. The summed E-state index contributed by atoms with van der Waals surface area (Å²) in [5.74, 6) is 1.67. The standard InChI is InChI=1S/C52H51N/c1(5-16-37-17-7-3-8-18-37)2-6-19-38-20-15-24-40(32-38)45-26-13-14-27-47(45)42-29-31-51-50(35-42)49(39-21-9-4-10-22-39)36-52(53-51)43-28-30-48-44(34-43)33-41-23-11-12-25-46(41)48/h3-4,7-15,17-18,20-21,23-27,29,31-32,34-36,39,44,48,51,53H,1-2,5-6,16,19,22,28,30,33H2. The largest absolute Gasteiger partial charge is 0.374 e. The van der Waals surface area contributed by atoms with Crippen molar-refractivity contribution < 1.29 is 0 Å². The van der Waals surface area contributed by atoms with Gasteiger partial charge in [-0.2, -0.15) is 0 Å². The minimum absolute atomic E-state index is 0.177. The van der Waals surface area contributed by atoms with Crippen LogP contribution in [0.5, 0.6) is 0 Å². The molecule has 4 aliphatic carbocycles. The lowest BCUT2D eigenvalue weighted by Crippen LogP contribution is -2.35. The Morgan fingerprint density at radius 2 is 1.45 bits per heavy atom. The van der Waals surface area contributed by atoms with E-state index in [1.807, 2.05) is 0 Å². The van der Waals surface area contributed by atoms with E-state index in [0.717, 1.165) is 19.3 Å². The first-order valence-corrected chi connectivity index (χ1v) is 20.2.